The van der Waals surface area contributed by atoms with Crippen LogP contribution in [-0.2, 0) is 4.79 Å². The summed E-state index contributed by atoms with van der Waals surface area (Å²) in [5.74, 6) is -0.492. The third-order valence-corrected chi connectivity index (χ3v) is 3.18. The first-order valence-corrected chi connectivity index (χ1v) is 7.00. The lowest BCUT2D eigenvalue weighted by Gasteiger charge is -2.07. The number of carbonyl (C=O) groups is 1. The molecule has 120 valence electrons. The maximum absolute atomic E-state index is 11.9. The Hall–Kier alpha value is -3.66. The molecule has 0 atom stereocenters. The van der Waals surface area contributed by atoms with E-state index >= 15 is 0 Å². The number of aromatic nitrogens is 1. The molecule has 7 nitrogen and oxygen atoms in total. The summed E-state index contributed by atoms with van der Waals surface area (Å²) < 4.78 is 1.72. The summed E-state index contributed by atoms with van der Waals surface area (Å²) in [6.07, 6.45) is 4.72. The number of nitrogens with zero attached hydrogens (tertiary/aromatic N) is 3. The number of amides is 1. The van der Waals surface area contributed by atoms with E-state index in [-0.39, 0.29) is 17.8 Å². The van der Waals surface area contributed by atoms with Gasteiger partial charge in [-0.25, -0.2) is 0 Å². The molecule has 0 unspecified atom stereocenters. The Balaban J connectivity index is 2.34. The van der Waals surface area contributed by atoms with E-state index in [1.165, 1.54) is 24.3 Å². The van der Waals surface area contributed by atoms with Crippen molar-refractivity contribution in [2.75, 3.05) is 6.54 Å². The molecule has 0 fully saturated rings. The van der Waals surface area contributed by atoms with E-state index in [1.54, 1.807) is 35.0 Å². The van der Waals surface area contributed by atoms with Crippen molar-refractivity contribution in [1.82, 2.24) is 9.88 Å². The maximum atomic E-state index is 11.9. The number of benzene rings is 1. The first-order chi connectivity index (χ1) is 11.6. The number of nitrogens with one attached hydrogen (secondary N) is 1. The highest BCUT2D eigenvalue weighted by molar-refractivity contribution is 6.01. The molecule has 1 aromatic heterocycles. The molecular weight excluding hydrogens is 308 g/mol. The Bertz CT molecular complexity index is 841. The molecule has 1 N–H and O–H groups in total. The second-order valence-corrected chi connectivity index (χ2v) is 4.75. The molecule has 0 saturated heterocycles. The van der Waals surface area contributed by atoms with Gasteiger partial charge in [0.25, 0.3) is 11.6 Å². The zero-order valence-electron chi connectivity index (χ0n) is 12.7. The number of carbonyl (C=O) groups excluding carboxylic acids is 1. The van der Waals surface area contributed by atoms with E-state index in [2.05, 4.69) is 11.9 Å². The van der Waals surface area contributed by atoms with Crippen LogP contribution >= 0.6 is 0 Å². The molecule has 24 heavy (non-hydrogen) atoms. The van der Waals surface area contributed by atoms with Crippen molar-refractivity contribution in [3.63, 3.8) is 0 Å². The third kappa shape index (κ3) is 3.75. The van der Waals surface area contributed by atoms with Crippen molar-refractivity contribution < 1.29 is 9.72 Å². The molecule has 0 radical (unpaired) electrons. The van der Waals surface area contributed by atoms with Crippen LogP contribution in [-0.4, -0.2) is 21.9 Å². The smallest absolute Gasteiger partial charge is 0.269 e. The molecule has 1 aromatic carbocycles. The van der Waals surface area contributed by atoms with Crippen molar-refractivity contribution in [1.29, 1.82) is 5.26 Å². The second kappa shape index (κ2) is 7.56. The fraction of sp³-hybridized carbons (Fsp3) is 0.0588. The highest BCUT2D eigenvalue weighted by Crippen LogP contribution is 2.19. The monoisotopic (exact) mass is 322 g/mol. The van der Waals surface area contributed by atoms with Crippen LogP contribution in [0.25, 0.3) is 11.8 Å². The van der Waals surface area contributed by atoms with Crippen molar-refractivity contribution in [3.05, 3.63) is 76.6 Å². The number of hydrogen-bond acceptors (Lipinski definition) is 4. The van der Waals surface area contributed by atoms with Gasteiger partial charge in [-0.15, -0.1) is 6.58 Å². The average molecular weight is 322 g/mol. The predicted octanol–water partition coefficient (Wildman–Crippen LogP) is 2.59. The molecule has 1 heterocycles. The topological polar surface area (TPSA) is 101 Å². The van der Waals surface area contributed by atoms with Gasteiger partial charge >= 0.3 is 0 Å². The summed E-state index contributed by atoms with van der Waals surface area (Å²) in [5.41, 5.74) is 1.23. The van der Waals surface area contributed by atoms with Crippen molar-refractivity contribution in [2.24, 2.45) is 0 Å². The molecule has 2 rings (SSSR count). The normalized spacial score (nSPS) is 10.7. The Labute approximate surface area is 138 Å². The van der Waals surface area contributed by atoms with Gasteiger partial charge in [0.2, 0.25) is 0 Å². The summed E-state index contributed by atoms with van der Waals surface area (Å²) in [6.45, 7) is 3.76. The SMILES string of the molecule is C=CCNC(=O)C(C#N)=Cc1cccn1-c1ccc([N+](=O)[O-])cc1. The zero-order chi connectivity index (χ0) is 17.5. The van der Waals surface area contributed by atoms with E-state index in [9.17, 15) is 14.9 Å². The number of nitriles is 1. The molecule has 2 aromatic rings. The summed E-state index contributed by atoms with van der Waals surface area (Å²) in [6, 6.07) is 11.3. The summed E-state index contributed by atoms with van der Waals surface area (Å²) >= 11 is 0. The highest BCUT2D eigenvalue weighted by Gasteiger charge is 2.11. The molecule has 0 saturated carbocycles. The zero-order valence-corrected chi connectivity index (χ0v) is 12.7. The molecule has 0 aliphatic rings. The van der Waals surface area contributed by atoms with E-state index in [4.69, 9.17) is 5.26 Å². The van der Waals surface area contributed by atoms with E-state index in [1.807, 2.05) is 6.07 Å². The van der Waals surface area contributed by atoms with Crippen molar-refractivity contribution in [3.8, 4) is 11.8 Å². The van der Waals surface area contributed by atoms with Gasteiger partial charge in [0.05, 0.1) is 4.92 Å². The third-order valence-electron chi connectivity index (χ3n) is 3.18. The van der Waals surface area contributed by atoms with E-state index in [0.717, 1.165) is 0 Å². The standard InChI is InChI=1S/C17H14N4O3/c1-2-9-19-17(22)13(12-18)11-16-4-3-10-20(16)14-5-7-15(8-6-14)21(23)24/h2-8,10-11H,1,9H2,(H,19,22). The quantitative estimate of drug-likeness (QED) is 0.290. The number of non-ortho nitro benzene ring substituents is 1. The summed E-state index contributed by atoms with van der Waals surface area (Å²) in [4.78, 5) is 22.1. The van der Waals surface area contributed by atoms with Gasteiger partial charge in [-0.05, 0) is 30.3 Å². The van der Waals surface area contributed by atoms with Gasteiger partial charge in [-0.1, -0.05) is 6.08 Å². The fourth-order valence-corrected chi connectivity index (χ4v) is 2.04. The van der Waals surface area contributed by atoms with Crippen LogP contribution in [0.1, 0.15) is 5.69 Å². The number of nitro groups is 1. The van der Waals surface area contributed by atoms with Crippen LogP contribution in [0.4, 0.5) is 5.69 Å². The lowest BCUT2D eigenvalue weighted by Crippen LogP contribution is -2.24. The molecular formula is C17H14N4O3. The first-order valence-electron chi connectivity index (χ1n) is 7.00. The summed E-state index contributed by atoms with van der Waals surface area (Å²) in [7, 11) is 0. The van der Waals surface area contributed by atoms with Crippen LogP contribution in [0.2, 0.25) is 0 Å². The second-order valence-electron chi connectivity index (χ2n) is 4.75. The van der Waals surface area contributed by atoms with Crippen molar-refractivity contribution in [2.45, 2.75) is 0 Å². The van der Waals surface area contributed by atoms with Gasteiger partial charge in [0.15, 0.2) is 0 Å². The molecule has 7 heteroatoms. The highest BCUT2D eigenvalue weighted by atomic mass is 16.6. The Morgan fingerprint density at radius 1 is 1.38 bits per heavy atom. The Morgan fingerprint density at radius 3 is 2.67 bits per heavy atom. The summed E-state index contributed by atoms with van der Waals surface area (Å²) in [5, 5.41) is 22.4. The van der Waals surface area contributed by atoms with E-state index < -0.39 is 10.8 Å². The van der Waals surface area contributed by atoms with Crippen LogP contribution in [0.5, 0.6) is 0 Å². The number of hydrogen-bond donors (Lipinski definition) is 1. The molecule has 1 amide bonds. The lowest BCUT2D eigenvalue weighted by molar-refractivity contribution is -0.384. The molecule has 0 spiro atoms. The Kier molecular flexibility index (Phi) is 5.26. The van der Waals surface area contributed by atoms with Crippen LogP contribution in [0.3, 0.4) is 0 Å². The number of rotatable bonds is 6. The number of nitro benzene ring substituents is 1. The molecule has 0 aliphatic carbocycles. The van der Waals surface area contributed by atoms with Gasteiger partial charge in [-0.3, -0.25) is 14.9 Å². The Morgan fingerprint density at radius 2 is 2.08 bits per heavy atom. The average Bonchev–Trinajstić information content (AvgIpc) is 3.05. The molecule has 0 aliphatic heterocycles. The minimum absolute atomic E-state index is 0.00971. The van der Waals surface area contributed by atoms with Crippen molar-refractivity contribution >= 4 is 17.7 Å². The predicted molar refractivity (Wildman–Crippen MR) is 89.2 cm³/mol. The fourth-order valence-electron chi connectivity index (χ4n) is 2.04. The van der Waals surface area contributed by atoms with Crippen LogP contribution in [0, 0.1) is 21.4 Å². The first kappa shape index (κ1) is 16.7. The minimum Gasteiger partial charge on any atom is -0.348 e. The van der Waals surface area contributed by atoms with Gasteiger partial charge in [-0.2, -0.15) is 5.26 Å². The van der Waals surface area contributed by atoms with Crippen LogP contribution < -0.4 is 5.32 Å². The largest absolute Gasteiger partial charge is 0.348 e. The van der Waals surface area contributed by atoms with Gasteiger partial charge in [0.1, 0.15) is 11.6 Å². The van der Waals surface area contributed by atoms with Crippen LogP contribution in [0.15, 0.2) is 60.8 Å². The maximum Gasteiger partial charge on any atom is 0.269 e. The molecule has 0 bridgehead atoms. The van der Waals surface area contributed by atoms with E-state index in [0.29, 0.717) is 11.4 Å². The minimum atomic E-state index is -0.492. The lowest BCUT2D eigenvalue weighted by atomic mass is 10.2. The van der Waals surface area contributed by atoms with Gasteiger partial charge < -0.3 is 9.88 Å². The van der Waals surface area contributed by atoms with Gasteiger partial charge in [0, 0.05) is 36.3 Å².